The van der Waals surface area contributed by atoms with Gasteiger partial charge in [0.05, 0.1) is 17.7 Å². The van der Waals surface area contributed by atoms with E-state index in [1.165, 1.54) is 0 Å². The lowest BCUT2D eigenvalue weighted by molar-refractivity contribution is 0.0883. The molecule has 1 aromatic carbocycles. The summed E-state index contributed by atoms with van der Waals surface area (Å²) in [6.07, 6.45) is 1.18. The molecule has 1 fully saturated rings. The highest BCUT2D eigenvalue weighted by molar-refractivity contribution is 9.10. The van der Waals surface area contributed by atoms with E-state index in [1.54, 1.807) is 30.2 Å². The smallest absolute Gasteiger partial charge is 0.321 e. The molecular weight excluding hydrogens is 312 g/mol. The van der Waals surface area contributed by atoms with E-state index in [2.05, 4.69) is 21.2 Å². The van der Waals surface area contributed by atoms with E-state index in [9.17, 15) is 9.90 Å². The number of anilines is 1. The molecule has 0 aromatic heterocycles. The quantitative estimate of drug-likeness (QED) is 0.876. The van der Waals surface area contributed by atoms with Crippen molar-refractivity contribution in [3.05, 3.63) is 22.7 Å². The van der Waals surface area contributed by atoms with Crippen molar-refractivity contribution >= 4 is 27.6 Å². The average Bonchev–Trinajstić information content (AvgIpc) is 2.39. The van der Waals surface area contributed by atoms with Gasteiger partial charge in [-0.3, -0.25) is 0 Å². The summed E-state index contributed by atoms with van der Waals surface area (Å²) in [7, 11) is 1.59. The molecule has 2 rings (SSSR count). The highest BCUT2D eigenvalue weighted by Gasteiger charge is 2.22. The Kier molecular flexibility index (Phi) is 4.66. The van der Waals surface area contributed by atoms with Crippen LogP contribution in [0.2, 0.25) is 0 Å². The minimum Gasteiger partial charge on any atom is -0.496 e. The number of aliphatic hydroxyl groups excluding tert-OH is 1. The van der Waals surface area contributed by atoms with Gasteiger partial charge in [0.15, 0.2) is 0 Å². The van der Waals surface area contributed by atoms with Crippen LogP contribution < -0.4 is 10.1 Å². The van der Waals surface area contributed by atoms with Crippen molar-refractivity contribution in [3.8, 4) is 5.75 Å². The predicted octanol–water partition coefficient (Wildman–Crippen LogP) is 2.45. The number of aliphatic hydroxyl groups is 1. The Hall–Kier alpha value is -1.27. The van der Waals surface area contributed by atoms with Gasteiger partial charge in [-0.1, -0.05) is 0 Å². The number of rotatable bonds is 2. The standard InChI is InChI=1S/C13H17BrN2O3/c1-19-12-5-4-9(7-11(12)14)15-13(18)16-6-2-3-10(17)8-16/h4-5,7,10,17H,2-3,6,8H2,1H3,(H,15,18)/t10-/m0/s1. The molecule has 6 heteroatoms. The van der Waals surface area contributed by atoms with Crippen molar-refractivity contribution in [1.82, 2.24) is 4.90 Å². The summed E-state index contributed by atoms with van der Waals surface area (Å²) in [5.74, 6) is 0.714. The lowest BCUT2D eigenvalue weighted by Crippen LogP contribution is -2.44. The zero-order valence-corrected chi connectivity index (χ0v) is 12.3. The highest BCUT2D eigenvalue weighted by atomic mass is 79.9. The Morgan fingerprint density at radius 2 is 2.37 bits per heavy atom. The summed E-state index contributed by atoms with van der Waals surface area (Å²) in [6, 6.07) is 5.17. The summed E-state index contributed by atoms with van der Waals surface area (Å²) in [5.41, 5.74) is 0.692. The number of nitrogens with zero attached hydrogens (tertiary/aromatic N) is 1. The topological polar surface area (TPSA) is 61.8 Å². The maximum atomic E-state index is 12.0. The molecule has 1 heterocycles. The van der Waals surface area contributed by atoms with Crippen LogP contribution in [0.1, 0.15) is 12.8 Å². The summed E-state index contributed by atoms with van der Waals surface area (Å²) in [6.45, 7) is 1.07. The van der Waals surface area contributed by atoms with E-state index in [1.807, 2.05) is 0 Å². The third kappa shape index (κ3) is 3.61. The summed E-state index contributed by atoms with van der Waals surface area (Å²) in [4.78, 5) is 13.7. The minimum absolute atomic E-state index is 0.184. The van der Waals surface area contributed by atoms with E-state index in [0.29, 0.717) is 24.5 Å². The second kappa shape index (κ2) is 6.25. The molecule has 0 saturated carbocycles. The molecule has 1 saturated heterocycles. The molecule has 0 aliphatic carbocycles. The fourth-order valence-electron chi connectivity index (χ4n) is 2.09. The van der Waals surface area contributed by atoms with E-state index < -0.39 is 6.10 Å². The van der Waals surface area contributed by atoms with Gasteiger partial charge in [0.25, 0.3) is 0 Å². The van der Waals surface area contributed by atoms with Gasteiger partial charge in [-0.05, 0) is 47.0 Å². The molecule has 19 heavy (non-hydrogen) atoms. The van der Waals surface area contributed by atoms with Crippen molar-refractivity contribution in [2.24, 2.45) is 0 Å². The molecule has 1 aliphatic heterocycles. The van der Waals surface area contributed by atoms with Crippen LogP contribution in [0, 0.1) is 0 Å². The van der Waals surface area contributed by atoms with Crippen molar-refractivity contribution < 1.29 is 14.6 Å². The number of piperidine rings is 1. The molecule has 0 spiro atoms. The summed E-state index contributed by atoms with van der Waals surface area (Å²) in [5, 5.41) is 12.4. The minimum atomic E-state index is -0.415. The number of likely N-dealkylation sites (tertiary alicyclic amines) is 1. The Morgan fingerprint density at radius 1 is 1.58 bits per heavy atom. The fourth-order valence-corrected chi connectivity index (χ4v) is 2.63. The fraction of sp³-hybridized carbons (Fsp3) is 0.462. The Morgan fingerprint density at radius 3 is 3.00 bits per heavy atom. The predicted molar refractivity (Wildman–Crippen MR) is 76.5 cm³/mol. The average molecular weight is 329 g/mol. The van der Waals surface area contributed by atoms with Crippen molar-refractivity contribution in [2.45, 2.75) is 18.9 Å². The number of benzene rings is 1. The first-order chi connectivity index (χ1) is 9.10. The van der Waals surface area contributed by atoms with Crippen LogP contribution in [0.3, 0.4) is 0 Å². The molecule has 1 atom stereocenters. The number of ether oxygens (including phenoxy) is 1. The number of carbonyl (C=O) groups excluding carboxylic acids is 1. The summed E-state index contributed by atoms with van der Waals surface area (Å²) >= 11 is 3.37. The number of β-amino-alcohol motifs (C(OH)–C–C–N with tert-alkyl or cyclic N) is 1. The van der Waals surface area contributed by atoms with Crippen LogP contribution in [-0.4, -0.2) is 42.3 Å². The molecule has 0 unspecified atom stereocenters. The van der Waals surface area contributed by atoms with Crippen LogP contribution in [0.15, 0.2) is 22.7 Å². The van der Waals surface area contributed by atoms with Gasteiger partial charge in [0.1, 0.15) is 5.75 Å². The van der Waals surface area contributed by atoms with Gasteiger partial charge < -0.3 is 20.1 Å². The monoisotopic (exact) mass is 328 g/mol. The van der Waals surface area contributed by atoms with Crippen LogP contribution in [0.25, 0.3) is 0 Å². The number of hydrogen-bond acceptors (Lipinski definition) is 3. The molecule has 5 nitrogen and oxygen atoms in total. The largest absolute Gasteiger partial charge is 0.496 e. The van der Waals surface area contributed by atoms with Gasteiger partial charge in [0.2, 0.25) is 0 Å². The normalized spacial score (nSPS) is 19.1. The summed E-state index contributed by atoms with van der Waals surface area (Å²) < 4.78 is 5.92. The molecule has 104 valence electrons. The first kappa shape index (κ1) is 14.1. The lowest BCUT2D eigenvalue weighted by atomic mass is 10.1. The Labute approximate surface area is 120 Å². The van der Waals surface area contributed by atoms with Gasteiger partial charge in [-0.15, -0.1) is 0 Å². The maximum absolute atomic E-state index is 12.0. The zero-order chi connectivity index (χ0) is 13.8. The van der Waals surface area contributed by atoms with Crippen LogP contribution >= 0.6 is 15.9 Å². The molecule has 2 N–H and O–H groups in total. The van der Waals surface area contributed by atoms with Gasteiger partial charge in [-0.25, -0.2) is 4.79 Å². The first-order valence-corrected chi connectivity index (χ1v) is 6.97. The maximum Gasteiger partial charge on any atom is 0.321 e. The highest BCUT2D eigenvalue weighted by Crippen LogP contribution is 2.27. The van der Waals surface area contributed by atoms with E-state index in [4.69, 9.17) is 4.74 Å². The molecule has 1 aromatic rings. The van der Waals surface area contributed by atoms with E-state index in [-0.39, 0.29) is 6.03 Å². The van der Waals surface area contributed by atoms with E-state index in [0.717, 1.165) is 17.3 Å². The zero-order valence-electron chi connectivity index (χ0n) is 10.7. The number of carbonyl (C=O) groups is 1. The van der Waals surface area contributed by atoms with Gasteiger partial charge in [-0.2, -0.15) is 0 Å². The number of halogens is 1. The van der Waals surface area contributed by atoms with Crippen molar-refractivity contribution in [1.29, 1.82) is 0 Å². The first-order valence-electron chi connectivity index (χ1n) is 6.17. The van der Waals surface area contributed by atoms with Crippen molar-refractivity contribution in [3.63, 3.8) is 0 Å². The van der Waals surface area contributed by atoms with Crippen LogP contribution in [0.5, 0.6) is 5.75 Å². The molecule has 0 radical (unpaired) electrons. The Balaban J connectivity index is 2.00. The molecule has 1 aliphatic rings. The number of nitrogens with one attached hydrogen (secondary N) is 1. The molecular formula is C13H17BrN2O3. The third-order valence-electron chi connectivity index (χ3n) is 3.09. The number of hydrogen-bond donors (Lipinski definition) is 2. The Bertz CT molecular complexity index is 467. The van der Waals surface area contributed by atoms with Crippen molar-refractivity contribution in [2.75, 3.05) is 25.5 Å². The second-order valence-electron chi connectivity index (χ2n) is 4.52. The second-order valence-corrected chi connectivity index (χ2v) is 5.38. The van der Waals surface area contributed by atoms with Gasteiger partial charge in [0, 0.05) is 18.8 Å². The SMILES string of the molecule is COc1ccc(NC(=O)N2CCC[C@H](O)C2)cc1Br. The number of methoxy groups -OCH3 is 1. The van der Waals surface area contributed by atoms with E-state index >= 15 is 0 Å². The molecule has 2 amide bonds. The van der Waals surface area contributed by atoms with Gasteiger partial charge >= 0.3 is 6.03 Å². The van der Waals surface area contributed by atoms with Crippen LogP contribution in [0.4, 0.5) is 10.5 Å². The molecule has 0 bridgehead atoms. The van der Waals surface area contributed by atoms with Crippen LogP contribution in [-0.2, 0) is 0 Å². The number of amides is 2. The third-order valence-corrected chi connectivity index (χ3v) is 3.71. The number of urea groups is 1. The lowest BCUT2D eigenvalue weighted by Gasteiger charge is -2.30.